The minimum atomic E-state index is -0.932. The number of carbonyl (C=O) groups is 1. The second-order valence-corrected chi connectivity index (χ2v) is 5.36. The van der Waals surface area contributed by atoms with Crippen LogP contribution in [0.1, 0.15) is 55.6 Å². The molecular weight excluding hydrogens is 242 g/mol. The number of aromatic carboxylic acids is 1. The van der Waals surface area contributed by atoms with E-state index in [0.29, 0.717) is 18.2 Å². The molecule has 0 aromatic carbocycles. The zero-order valence-electron chi connectivity index (χ0n) is 11.6. The second-order valence-electron chi connectivity index (χ2n) is 5.36. The van der Waals surface area contributed by atoms with Crippen LogP contribution in [0, 0.1) is 5.92 Å². The maximum absolute atomic E-state index is 11.1. The van der Waals surface area contributed by atoms with Gasteiger partial charge in [0, 0.05) is 11.8 Å². The van der Waals surface area contributed by atoms with Gasteiger partial charge in [0.1, 0.15) is 6.10 Å². The Labute approximate surface area is 113 Å². The van der Waals surface area contributed by atoms with Gasteiger partial charge in [-0.2, -0.15) is 0 Å². The fraction of sp³-hybridized carbons (Fsp3) is 0.600. The lowest BCUT2D eigenvalue weighted by molar-refractivity contribution is 0.0694. The van der Waals surface area contributed by atoms with Gasteiger partial charge < -0.3 is 9.84 Å². The fourth-order valence-corrected chi connectivity index (χ4v) is 2.58. The first kappa shape index (κ1) is 13.8. The zero-order chi connectivity index (χ0) is 13.8. The molecule has 1 heterocycles. The van der Waals surface area contributed by atoms with E-state index in [0.717, 1.165) is 18.5 Å². The fourth-order valence-electron chi connectivity index (χ4n) is 2.58. The van der Waals surface area contributed by atoms with E-state index in [1.54, 1.807) is 6.07 Å². The summed E-state index contributed by atoms with van der Waals surface area (Å²) in [6.45, 7) is 4.19. The molecule has 1 aromatic heterocycles. The Bertz CT molecular complexity index is 459. The molecule has 1 aliphatic carbocycles. The van der Waals surface area contributed by atoms with Crippen LogP contribution in [0.15, 0.2) is 12.1 Å². The number of carboxylic acids is 1. The lowest BCUT2D eigenvalue weighted by Gasteiger charge is -2.27. The van der Waals surface area contributed by atoms with Crippen LogP contribution in [0.4, 0.5) is 0 Å². The molecule has 1 N–H and O–H groups in total. The number of aryl methyl sites for hydroxylation is 1. The van der Waals surface area contributed by atoms with E-state index in [9.17, 15) is 4.79 Å². The highest BCUT2D eigenvalue weighted by molar-refractivity contribution is 5.88. The number of aromatic nitrogens is 1. The molecule has 4 heteroatoms. The Morgan fingerprint density at radius 3 is 2.89 bits per heavy atom. The molecule has 0 amide bonds. The van der Waals surface area contributed by atoms with Crippen molar-refractivity contribution >= 4 is 5.97 Å². The van der Waals surface area contributed by atoms with Crippen LogP contribution < -0.4 is 4.74 Å². The smallest absolute Gasteiger partial charge is 0.335 e. The van der Waals surface area contributed by atoms with E-state index in [1.807, 2.05) is 6.92 Å². The highest BCUT2D eigenvalue weighted by Gasteiger charge is 2.21. The largest absolute Gasteiger partial charge is 0.478 e. The normalized spacial score (nSPS) is 23.1. The summed E-state index contributed by atoms with van der Waals surface area (Å²) in [7, 11) is 0. The van der Waals surface area contributed by atoms with Gasteiger partial charge in [0.25, 0.3) is 0 Å². The molecule has 0 bridgehead atoms. The van der Waals surface area contributed by atoms with Gasteiger partial charge in [0.15, 0.2) is 0 Å². The Kier molecular flexibility index (Phi) is 4.40. The molecule has 2 atom stereocenters. The molecule has 0 saturated heterocycles. The average molecular weight is 263 g/mol. The van der Waals surface area contributed by atoms with Gasteiger partial charge in [-0.15, -0.1) is 0 Å². The molecule has 104 valence electrons. The van der Waals surface area contributed by atoms with E-state index in [-0.39, 0.29) is 11.7 Å². The Balaban J connectivity index is 2.14. The number of ether oxygens (including phenoxy) is 1. The van der Waals surface area contributed by atoms with Crippen LogP contribution in [0.25, 0.3) is 0 Å². The zero-order valence-corrected chi connectivity index (χ0v) is 11.6. The molecule has 4 nitrogen and oxygen atoms in total. The van der Waals surface area contributed by atoms with Crippen LogP contribution in [0.2, 0.25) is 0 Å². The van der Waals surface area contributed by atoms with Gasteiger partial charge in [0.05, 0.1) is 5.56 Å². The van der Waals surface area contributed by atoms with Crippen molar-refractivity contribution in [3.05, 3.63) is 23.4 Å². The number of carboxylic acid groups (broad SMARTS) is 1. The first-order valence-corrected chi connectivity index (χ1v) is 6.99. The number of hydrogen-bond donors (Lipinski definition) is 1. The average Bonchev–Trinajstić information content (AvgIpc) is 2.38. The van der Waals surface area contributed by atoms with E-state index in [1.165, 1.54) is 18.9 Å². The molecule has 1 aromatic rings. The van der Waals surface area contributed by atoms with Gasteiger partial charge >= 0.3 is 5.97 Å². The Morgan fingerprint density at radius 2 is 2.26 bits per heavy atom. The van der Waals surface area contributed by atoms with Crippen molar-refractivity contribution in [2.75, 3.05) is 0 Å². The molecule has 19 heavy (non-hydrogen) atoms. The summed E-state index contributed by atoms with van der Waals surface area (Å²) in [6.07, 6.45) is 5.36. The van der Waals surface area contributed by atoms with E-state index < -0.39 is 5.97 Å². The molecule has 1 aliphatic rings. The first-order chi connectivity index (χ1) is 9.08. The maximum Gasteiger partial charge on any atom is 0.335 e. The van der Waals surface area contributed by atoms with Crippen molar-refractivity contribution in [3.8, 4) is 5.88 Å². The van der Waals surface area contributed by atoms with Crippen molar-refractivity contribution < 1.29 is 14.6 Å². The van der Waals surface area contributed by atoms with Crippen molar-refractivity contribution in [2.45, 2.75) is 52.1 Å². The van der Waals surface area contributed by atoms with Crippen molar-refractivity contribution in [3.63, 3.8) is 0 Å². The van der Waals surface area contributed by atoms with Crippen LogP contribution in [0.5, 0.6) is 5.88 Å². The minimum absolute atomic E-state index is 0.171. The highest BCUT2D eigenvalue weighted by Crippen LogP contribution is 2.27. The van der Waals surface area contributed by atoms with Gasteiger partial charge in [-0.1, -0.05) is 20.3 Å². The van der Waals surface area contributed by atoms with Crippen LogP contribution in [-0.2, 0) is 6.42 Å². The third kappa shape index (κ3) is 3.69. The number of rotatable bonds is 4. The predicted molar refractivity (Wildman–Crippen MR) is 72.6 cm³/mol. The quantitative estimate of drug-likeness (QED) is 0.905. The Morgan fingerprint density at radius 1 is 1.47 bits per heavy atom. The van der Waals surface area contributed by atoms with Crippen LogP contribution >= 0.6 is 0 Å². The van der Waals surface area contributed by atoms with E-state index >= 15 is 0 Å². The standard InChI is InChI=1S/C15H21NO3/c1-3-12-8-11(15(17)18)9-14(16-12)19-13-6-4-5-10(2)7-13/h8-10,13H,3-7H2,1-2H3,(H,17,18). The second kappa shape index (κ2) is 6.04. The molecule has 2 rings (SSSR count). The van der Waals surface area contributed by atoms with Crippen LogP contribution in [0.3, 0.4) is 0 Å². The number of pyridine rings is 1. The van der Waals surface area contributed by atoms with Crippen molar-refractivity contribution in [2.24, 2.45) is 5.92 Å². The molecule has 1 fully saturated rings. The molecule has 2 unspecified atom stereocenters. The molecule has 0 spiro atoms. The first-order valence-electron chi connectivity index (χ1n) is 6.99. The minimum Gasteiger partial charge on any atom is -0.478 e. The lowest BCUT2D eigenvalue weighted by atomic mass is 9.89. The van der Waals surface area contributed by atoms with Gasteiger partial charge in [-0.25, -0.2) is 9.78 Å². The molecular formula is C15H21NO3. The summed E-state index contributed by atoms with van der Waals surface area (Å²) < 4.78 is 5.88. The Hall–Kier alpha value is -1.58. The van der Waals surface area contributed by atoms with Crippen molar-refractivity contribution in [1.29, 1.82) is 0 Å². The third-order valence-corrected chi connectivity index (χ3v) is 3.64. The highest BCUT2D eigenvalue weighted by atomic mass is 16.5. The third-order valence-electron chi connectivity index (χ3n) is 3.64. The molecule has 1 saturated carbocycles. The van der Waals surface area contributed by atoms with Gasteiger partial charge in [-0.05, 0) is 37.7 Å². The number of nitrogens with zero attached hydrogens (tertiary/aromatic N) is 1. The summed E-state index contributed by atoms with van der Waals surface area (Å²) in [5.41, 5.74) is 1.02. The van der Waals surface area contributed by atoms with Gasteiger partial charge in [-0.3, -0.25) is 0 Å². The maximum atomic E-state index is 11.1. The summed E-state index contributed by atoms with van der Waals surface area (Å²) in [5, 5.41) is 9.09. The predicted octanol–water partition coefficient (Wildman–Crippen LogP) is 3.30. The lowest BCUT2D eigenvalue weighted by Crippen LogP contribution is -2.24. The van der Waals surface area contributed by atoms with Gasteiger partial charge in [0.2, 0.25) is 5.88 Å². The summed E-state index contributed by atoms with van der Waals surface area (Å²) in [6, 6.07) is 3.14. The molecule has 0 aliphatic heterocycles. The van der Waals surface area contributed by atoms with E-state index in [4.69, 9.17) is 9.84 Å². The van der Waals surface area contributed by atoms with Crippen LogP contribution in [-0.4, -0.2) is 22.2 Å². The van der Waals surface area contributed by atoms with Crippen molar-refractivity contribution in [1.82, 2.24) is 4.98 Å². The summed E-state index contributed by atoms with van der Waals surface area (Å²) >= 11 is 0. The SMILES string of the molecule is CCc1cc(C(=O)O)cc(OC2CCCC(C)C2)n1. The van der Waals surface area contributed by atoms with E-state index in [2.05, 4.69) is 11.9 Å². The monoisotopic (exact) mass is 263 g/mol. The topological polar surface area (TPSA) is 59.4 Å². The number of hydrogen-bond acceptors (Lipinski definition) is 3. The summed E-state index contributed by atoms with van der Waals surface area (Å²) in [4.78, 5) is 15.5. The molecule has 0 radical (unpaired) electrons. The summed E-state index contributed by atoms with van der Waals surface area (Å²) in [5.74, 6) is 0.196.